The molecule has 62 valence electrons. The summed E-state index contributed by atoms with van der Waals surface area (Å²) >= 11 is 0. The Bertz CT molecular complexity index is 161. The van der Waals surface area contributed by atoms with Crippen LogP contribution >= 0.6 is 0 Å². The maximum Gasteiger partial charge on any atom is 0.306 e. The van der Waals surface area contributed by atoms with Gasteiger partial charge in [-0.3, -0.25) is 4.79 Å². The van der Waals surface area contributed by atoms with Gasteiger partial charge in [-0.25, -0.2) is 0 Å². The fourth-order valence-corrected chi connectivity index (χ4v) is 1.13. The lowest BCUT2D eigenvalue weighted by Gasteiger charge is -2.16. The molecule has 0 bridgehead atoms. The van der Waals surface area contributed by atoms with Crippen LogP contribution in [0.2, 0.25) is 0 Å². The first-order chi connectivity index (χ1) is 5.33. The van der Waals surface area contributed by atoms with E-state index in [2.05, 4.69) is 6.08 Å². The average molecular weight is 154 g/mol. The molecule has 0 aromatic heterocycles. The predicted octanol–water partition coefficient (Wildman–Crippen LogP) is 2.05. The number of carbonyl (C=O) groups is 1. The van der Waals surface area contributed by atoms with Gasteiger partial charge in [0.1, 0.15) is 6.10 Å². The number of hydrogen-bond donors (Lipinski definition) is 0. The molecule has 0 spiro atoms. The van der Waals surface area contributed by atoms with Crippen molar-refractivity contribution in [3.63, 3.8) is 0 Å². The summed E-state index contributed by atoms with van der Waals surface area (Å²) in [6.45, 7) is 1.81. The lowest BCUT2D eigenvalue weighted by Crippen LogP contribution is -2.16. The first-order valence-corrected chi connectivity index (χ1v) is 4.19. The number of ether oxygens (including phenoxy) is 1. The maximum absolute atomic E-state index is 10.8. The molecule has 0 heterocycles. The second kappa shape index (κ2) is 4.16. The molecular formula is C9H14O2. The number of allylic oxidation sites excluding steroid dienone is 1. The molecule has 1 aliphatic carbocycles. The lowest BCUT2D eigenvalue weighted by molar-refractivity contribution is -0.146. The third-order valence-corrected chi connectivity index (χ3v) is 1.78. The summed E-state index contributed by atoms with van der Waals surface area (Å²) < 4.78 is 5.11. The quantitative estimate of drug-likeness (QED) is 0.449. The van der Waals surface area contributed by atoms with E-state index < -0.39 is 0 Å². The molecule has 1 unspecified atom stereocenters. The van der Waals surface area contributed by atoms with Crippen molar-refractivity contribution in [1.29, 1.82) is 0 Å². The zero-order valence-electron chi connectivity index (χ0n) is 6.88. The molecule has 0 aromatic carbocycles. The fourth-order valence-electron chi connectivity index (χ4n) is 1.13. The number of carbonyl (C=O) groups excluding carboxylic acids is 1. The second-order valence-electron chi connectivity index (χ2n) is 2.74. The monoisotopic (exact) mass is 154 g/mol. The molecule has 0 aromatic rings. The van der Waals surface area contributed by atoms with Crippen LogP contribution in [0.15, 0.2) is 12.2 Å². The van der Waals surface area contributed by atoms with Crippen molar-refractivity contribution in [2.75, 3.05) is 0 Å². The van der Waals surface area contributed by atoms with Gasteiger partial charge >= 0.3 is 5.97 Å². The van der Waals surface area contributed by atoms with Crippen molar-refractivity contribution < 1.29 is 9.53 Å². The normalized spacial score (nSPS) is 23.2. The first-order valence-electron chi connectivity index (χ1n) is 4.19. The van der Waals surface area contributed by atoms with Gasteiger partial charge in [-0.05, 0) is 25.3 Å². The Balaban J connectivity index is 2.30. The fraction of sp³-hybridized carbons (Fsp3) is 0.667. The Morgan fingerprint density at radius 3 is 3.09 bits per heavy atom. The van der Waals surface area contributed by atoms with E-state index in [-0.39, 0.29) is 12.1 Å². The molecule has 11 heavy (non-hydrogen) atoms. The standard InChI is InChI=1S/C9H14O2/c1-2-9(10)11-8-6-4-3-5-7-8/h4,6,8H,2-3,5,7H2,1H3. The van der Waals surface area contributed by atoms with Gasteiger partial charge in [0, 0.05) is 6.42 Å². The smallest absolute Gasteiger partial charge is 0.306 e. The Hall–Kier alpha value is -0.790. The molecule has 0 saturated heterocycles. The second-order valence-corrected chi connectivity index (χ2v) is 2.74. The van der Waals surface area contributed by atoms with E-state index in [4.69, 9.17) is 4.74 Å². The molecule has 0 saturated carbocycles. The summed E-state index contributed by atoms with van der Waals surface area (Å²) in [6.07, 6.45) is 7.84. The Morgan fingerprint density at radius 1 is 1.73 bits per heavy atom. The highest BCUT2D eigenvalue weighted by Crippen LogP contribution is 2.13. The van der Waals surface area contributed by atoms with Crippen LogP contribution in [0.25, 0.3) is 0 Å². The van der Waals surface area contributed by atoms with Crippen LogP contribution in [0.5, 0.6) is 0 Å². The maximum atomic E-state index is 10.8. The van der Waals surface area contributed by atoms with Crippen molar-refractivity contribution in [1.82, 2.24) is 0 Å². The van der Waals surface area contributed by atoms with E-state index in [0.717, 1.165) is 19.3 Å². The summed E-state index contributed by atoms with van der Waals surface area (Å²) in [5, 5.41) is 0. The molecule has 2 nitrogen and oxygen atoms in total. The average Bonchev–Trinajstić information content (AvgIpc) is 2.06. The van der Waals surface area contributed by atoms with Crippen molar-refractivity contribution >= 4 is 5.97 Å². The zero-order chi connectivity index (χ0) is 8.10. The van der Waals surface area contributed by atoms with Gasteiger partial charge in [-0.1, -0.05) is 13.0 Å². The Morgan fingerprint density at radius 2 is 2.55 bits per heavy atom. The number of rotatable bonds is 2. The van der Waals surface area contributed by atoms with Crippen LogP contribution in [0.3, 0.4) is 0 Å². The largest absolute Gasteiger partial charge is 0.458 e. The third-order valence-electron chi connectivity index (χ3n) is 1.78. The molecule has 0 fully saturated rings. The van der Waals surface area contributed by atoms with E-state index in [1.807, 2.05) is 13.0 Å². The lowest BCUT2D eigenvalue weighted by atomic mass is 10.1. The number of hydrogen-bond acceptors (Lipinski definition) is 2. The molecule has 1 rings (SSSR count). The summed E-state index contributed by atoms with van der Waals surface area (Å²) in [5.74, 6) is -0.0958. The summed E-state index contributed by atoms with van der Waals surface area (Å²) in [7, 11) is 0. The summed E-state index contributed by atoms with van der Waals surface area (Å²) in [4.78, 5) is 10.8. The van der Waals surface area contributed by atoms with Gasteiger partial charge < -0.3 is 4.74 Å². The van der Waals surface area contributed by atoms with Crippen molar-refractivity contribution in [3.8, 4) is 0 Å². The van der Waals surface area contributed by atoms with Gasteiger partial charge in [-0.15, -0.1) is 0 Å². The van der Waals surface area contributed by atoms with Crippen LogP contribution in [-0.4, -0.2) is 12.1 Å². The first kappa shape index (κ1) is 8.31. The summed E-state index contributed by atoms with van der Waals surface area (Å²) in [6, 6.07) is 0. The van der Waals surface area contributed by atoms with Crippen LogP contribution in [0.4, 0.5) is 0 Å². The van der Waals surface area contributed by atoms with Crippen molar-refractivity contribution in [2.24, 2.45) is 0 Å². The predicted molar refractivity (Wildman–Crippen MR) is 43.2 cm³/mol. The topological polar surface area (TPSA) is 26.3 Å². The van der Waals surface area contributed by atoms with Crippen molar-refractivity contribution in [2.45, 2.75) is 38.7 Å². The molecule has 2 heteroatoms. The number of esters is 1. The van der Waals surface area contributed by atoms with Crippen LogP contribution in [-0.2, 0) is 9.53 Å². The zero-order valence-corrected chi connectivity index (χ0v) is 6.88. The highest BCUT2D eigenvalue weighted by Gasteiger charge is 2.11. The molecule has 0 N–H and O–H groups in total. The minimum Gasteiger partial charge on any atom is -0.458 e. The van der Waals surface area contributed by atoms with Gasteiger partial charge in [-0.2, -0.15) is 0 Å². The van der Waals surface area contributed by atoms with Crippen LogP contribution < -0.4 is 0 Å². The molecule has 0 radical (unpaired) electrons. The van der Waals surface area contributed by atoms with Gasteiger partial charge in [0.2, 0.25) is 0 Å². The van der Waals surface area contributed by atoms with Gasteiger partial charge in [0.15, 0.2) is 0 Å². The SMILES string of the molecule is CCC(=O)OC1C=CCCC1. The summed E-state index contributed by atoms with van der Waals surface area (Å²) in [5.41, 5.74) is 0. The van der Waals surface area contributed by atoms with Crippen LogP contribution in [0, 0.1) is 0 Å². The van der Waals surface area contributed by atoms with Crippen LogP contribution in [0.1, 0.15) is 32.6 Å². The highest BCUT2D eigenvalue weighted by atomic mass is 16.5. The van der Waals surface area contributed by atoms with E-state index in [0.29, 0.717) is 6.42 Å². The van der Waals surface area contributed by atoms with E-state index in [1.54, 1.807) is 0 Å². The van der Waals surface area contributed by atoms with Gasteiger partial charge in [0.05, 0.1) is 0 Å². The molecule has 1 atom stereocenters. The minimum atomic E-state index is -0.0958. The van der Waals surface area contributed by atoms with E-state index in [9.17, 15) is 4.79 Å². The molecule has 0 amide bonds. The van der Waals surface area contributed by atoms with E-state index in [1.165, 1.54) is 0 Å². The van der Waals surface area contributed by atoms with Gasteiger partial charge in [0.25, 0.3) is 0 Å². The Kier molecular flexibility index (Phi) is 3.14. The highest BCUT2D eigenvalue weighted by molar-refractivity contribution is 5.69. The Labute approximate surface area is 67.2 Å². The molecule has 0 aliphatic heterocycles. The van der Waals surface area contributed by atoms with Crippen molar-refractivity contribution in [3.05, 3.63) is 12.2 Å². The molecule has 1 aliphatic rings. The molecular weight excluding hydrogens is 140 g/mol. The minimum absolute atomic E-state index is 0.0520. The third kappa shape index (κ3) is 2.74. The van der Waals surface area contributed by atoms with E-state index >= 15 is 0 Å².